The third-order valence-corrected chi connectivity index (χ3v) is 4.89. The maximum Gasteiger partial charge on any atom is 0.393 e. The van der Waals surface area contributed by atoms with E-state index in [9.17, 15) is 18.0 Å². The zero-order valence-electron chi connectivity index (χ0n) is 14.4. The number of carbonyl (C=O) groups is 1. The van der Waals surface area contributed by atoms with Crippen LogP contribution in [-0.4, -0.2) is 35.2 Å². The van der Waals surface area contributed by atoms with Gasteiger partial charge in [-0.1, -0.05) is 45.0 Å². The predicted molar refractivity (Wildman–Crippen MR) is 85.8 cm³/mol. The molecule has 1 aliphatic heterocycles. The molecule has 0 aliphatic carbocycles. The number of halogens is 3. The molecule has 1 aromatic carbocycles. The number of alkyl halides is 3. The van der Waals surface area contributed by atoms with Crippen molar-refractivity contribution in [3.05, 3.63) is 35.4 Å². The second kappa shape index (κ2) is 6.39. The van der Waals surface area contributed by atoms with Crippen molar-refractivity contribution in [2.45, 2.75) is 45.3 Å². The molecule has 3 atom stereocenters. The van der Waals surface area contributed by atoms with E-state index in [0.29, 0.717) is 0 Å². The quantitative estimate of drug-likeness (QED) is 0.892. The Balaban J connectivity index is 2.18. The van der Waals surface area contributed by atoms with Gasteiger partial charge in [0.1, 0.15) is 0 Å². The highest BCUT2D eigenvalue weighted by Gasteiger charge is 2.53. The van der Waals surface area contributed by atoms with Crippen molar-refractivity contribution in [3.8, 4) is 0 Å². The highest BCUT2D eigenvalue weighted by Crippen LogP contribution is 2.40. The Morgan fingerprint density at radius 3 is 2.08 bits per heavy atom. The molecule has 0 bridgehead atoms. The molecule has 0 radical (unpaired) electrons. The van der Waals surface area contributed by atoms with E-state index in [1.54, 1.807) is 4.90 Å². The summed E-state index contributed by atoms with van der Waals surface area (Å²) in [6, 6.07) is 7.55. The SMILES string of the molecule is CC(c1ccc(C(C)(C)C)cc1)N1C[C@@H](C(F)(F)F)[C@H](C(=O)O)C1. The number of carboxylic acid groups (broad SMARTS) is 1. The first-order valence-electron chi connectivity index (χ1n) is 8.05. The number of aliphatic carboxylic acids is 1. The Kier molecular flexibility index (Phi) is 5.00. The van der Waals surface area contributed by atoms with Gasteiger partial charge in [0.15, 0.2) is 0 Å². The minimum Gasteiger partial charge on any atom is -0.481 e. The van der Waals surface area contributed by atoms with Gasteiger partial charge in [-0.05, 0) is 23.5 Å². The van der Waals surface area contributed by atoms with Gasteiger partial charge in [0.05, 0.1) is 11.8 Å². The molecular weight excluding hydrogens is 319 g/mol. The number of hydrogen-bond donors (Lipinski definition) is 1. The maximum atomic E-state index is 13.1. The third kappa shape index (κ3) is 3.91. The molecule has 1 saturated heterocycles. The summed E-state index contributed by atoms with van der Waals surface area (Å²) in [5, 5.41) is 9.12. The van der Waals surface area contributed by atoms with Gasteiger partial charge in [0.25, 0.3) is 0 Å². The molecule has 6 heteroatoms. The molecule has 0 spiro atoms. The van der Waals surface area contributed by atoms with E-state index >= 15 is 0 Å². The second-order valence-electron chi connectivity index (χ2n) is 7.59. The van der Waals surface area contributed by atoms with E-state index in [-0.39, 0.29) is 24.5 Å². The van der Waals surface area contributed by atoms with Gasteiger partial charge in [-0.2, -0.15) is 13.2 Å². The van der Waals surface area contributed by atoms with Crippen LogP contribution in [0.1, 0.15) is 44.9 Å². The molecule has 0 aromatic heterocycles. The lowest BCUT2D eigenvalue weighted by molar-refractivity contribution is -0.188. The fraction of sp³-hybridized carbons (Fsp3) is 0.611. The Bertz CT molecular complexity index is 590. The first-order valence-corrected chi connectivity index (χ1v) is 8.05. The van der Waals surface area contributed by atoms with Gasteiger partial charge >= 0.3 is 12.1 Å². The van der Waals surface area contributed by atoms with Gasteiger partial charge in [-0.25, -0.2) is 0 Å². The number of benzene rings is 1. The van der Waals surface area contributed by atoms with Gasteiger partial charge in [-0.3, -0.25) is 9.69 Å². The summed E-state index contributed by atoms with van der Waals surface area (Å²) in [4.78, 5) is 12.8. The highest BCUT2D eigenvalue weighted by atomic mass is 19.4. The van der Waals surface area contributed by atoms with Crippen LogP contribution in [0.25, 0.3) is 0 Å². The molecule has 24 heavy (non-hydrogen) atoms. The van der Waals surface area contributed by atoms with Crippen molar-refractivity contribution in [1.29, 1.82) is 0 Å². The molecule has 3 nitrogen and oxygen atoms in total. The van der Waals surface area contributed by atoms with E-state index in [2.05, 4.69) is 20.8 Å². The van der Waals surface area contributed by atoms with Crippen LogP contribution >= 0.6 is 0 Å². The summed E-state index contributed by atoms with van der Waals surface area (Å²) in [6.45, 7) is 7.75. The van der Waals surface area contributed by atoms with E-state index in [1.807, 2.05) is 31.2 Å². The number of hydrogen-bond acceptors (Lipinski definition) is 2. The zero-order valence-corrected chi connectivity index (χ0v) is 14.4. The number of nitrogens with zero attached hydrogens (tertiary/aromatic N) is 1. The molecule has 0 saturated carbocycles. The average molecular weight is 343 g/mol. The summed E-state index contributed by atoms with van der Waals surface area (Å²) in [6.07, 6.45) is -4.49. The lowest BCUT2D eigenvalue weighted by atomic mass is 9.86. The van der Waals surface area contributed by atoms with Crippen molar-refractivity contribution in [2.75, 3.05) is 13.1 Å². The smallest absolute Gasteiger partial charge is 0.393 e. The van der Waals surface area contributed by atoms with Crippen LogP contribution in [0.4, 0.5) is 13.2 Å². The number of rotatable bonds is 3. The van der Waals surface area contributed by atoms with E-state index in [1.165, 1.54) is 0 Å². The van der Waals surface area contributed by atoms with Crippen molar-refractivity contribution in [2.24, 2.45) is 11.8 Å². The highest BCUT2D eigenvalue weighted by molar-refractivity contribution is 5.71. The number of carboxylic acids is 1. The molecule has 1 heterocycles. The molecule has 1 unspecified atom stereocenters. The Hall–Kier alpha value is -1.56. The Morgan fingerprint density at radius 1 is 1.17 bits per heavy atom. The van der Waals surface area contributed by atoms with Crippen LogP contribution in [0.2, 0.25) is 0 Å². The molecule has 0 amide bonds. The largest absolute Gasteiger partial charge is 0.481 e. The topological polar surface area (TPSA) is 40.5 Å². The van der Waals surface area contributed by atoms with E-state index in [0.717, 1.165) is 11.1 Å². The normalized spacial score (nSPS) is 24.1. The van der Waals surface area contributed by atoms with Crippen LogP contribution in [-0.2, 0) is 10.2 Å². The summed E-state index contributed by atoms with van der Waals surface area (Å²) < 4.78 is 39.3. The molecule has 1 aromatic rings. The van der Waals surface area contributed by atoms with Gasteiger partial charge < -0.3 is 5.11 Å². The molecule has 1 aliphatic rings. The maximum absolute atomic E-state index is 13.1. The van der Waals surface area contributed by atoms with E-state index in [4.69, 9.17) is 5.11 Å². The van der Waals surface area contributed by atoms with Crippen molar-refractivity contribution in [1.82, 2.24) is 4.90 Å². The molecule has 1 N–H and O–H groups in total. The fourth-order valence-electron chi connectivity index (χ4n) is 3.20. The first kappa shape index (κ1) is 18.8. The van der Waals surface area contributed by atoms with Crippen LogP contribution in [0, 0.1) is 11.8 Å². The lowest BCUT2D eigenvalue weighted by Gasteiger charge is -2.26. The predicted octanol–water partition coefficient (Wildman–Crippen LogP) is 4.24. The van der Waals surface area contributed by atoms with Gasteiger partial charge in [-0.15, -0.1) is 0 Å². The van der Waals surface area contributed by atoms with Crippen molar-refractivity contribution in [3.63, 3.8) is 0 Å². The zero-order chi connectivity index (χ0) is 18.3. The van der Waals surface area contributed by atoms with Crippen LogP contribution in [0.3, 0.4) is 0 Å². The first-order chi connectivity index (χ1) is 10.9. The van der Waals surface area contributed by atoms with Crippen LogP contribution in [0.5, 0.6) is 0 Å². The summed E-state index contributed by atoms with van der Waals surface area (Å²) in [5.41, 5.74) is 2.05. The second-order valence-corrected chi connectivity index (χ2v) is 7.59. The average Bonchev–Trinajstić information content (AvgIpc) is 2.91. The van der Waals surface area contributed by atoms with Crippen LogP contribution < -0.4 is 0 Å². The van der Waals surface area contributed by atoms with Crippen LogP contribution in [0.15, 0.2) is 24.3 Å². The van der Waals surface area contributed by atoms with Gasteiger partial charge in [0.2, 0.25) is 0 Å². The fourth-order valence-corrected chi connectivity index (χ4v) is 3.20. The summed E-state index contributed by atoms with van der Waals surface area (Å²) in [5.74, 6) is -4.59. The standard InChI is InChI=1S/C18H24F3NO2/c1-11(12-5-7-13(8-6-12)17(2,3)4)22-9-14(16(23)24)15(10-22)18(19,20)21/h5-8,11,14-15H,9-10H2,1-4H3,(H,23,24)/t11?,14-,15-/m1/s1. The van der Waals surface area contributed by atoms with E-state index < -0.39 is 24.0 Å². The molecule has 134 valence electrons. The Morgan fingerprint density at radius 2 is 1.71 bits per heavy atom. The molecule has 2 rings (SSSR count). The monoisotopic (exact) mass is 343 g/mol. The minimum atomic E-state index is -4.49. The minimum absolute atomic E-state index is 0.00515. The van der Waals surface area contributed by atoms with Crippen molar-refractivity contribution < 1.29 is 23.1 Å². The lowest BCUT2D eigenvalue weighted by Crippen LogP contribution is -2.33. The summed E-state index contributed by atoms with van der Waals surface area (Å²) >= 11 is 0. The number of likely N-dealkylation sites (tertiary alicyclic amines) is 1. The Labute approximate surface area is 140 Å². The summed E-state index contributed by atoms with van der Waals surface area (Å²) in [7, 11) is 0. The molecule has 1 fully saturated rings. The van der Waals surface area contributed by atoms with Crippen molar-refractivity contribution >= 4 is 5.97 Å². The molecular formula is C18H24F3NO2. The van der Waals surface area contributed by atoms with Gasteiger partial charge in [0, 0.05) is 19.1 Å². The third-order valence-electron chi connectivity index (χ3n) is 4.89.